The fraction of sp³-hybridized carbons (Fsp3) is 0.360. The molecule has 0 fully saturated rings. The molecule has 0 saturated heterocycles. The van der Waals surface area contributed by atoms with E-state index in [9.17, 15) is 14.7 Å². The lowest BCUT2D eigenvalue weighted by Gasteiger charge is -2.19. The third kappa shape index (κ3) is 4.56. The highest BCUT2D eigenvalue weighted by Crippen LogP contribution is 2.24. The van der Waals surface area contributed by atoms with Gasteiger partial charge in [0.1, 0.15) is 0 Å². The van der Waals surface area contributed by atoms with E-state index in [4.69, 9.17) is 0 Å². The van der Waals surface area contributed by atoms with Gasteiger partial charge in [-0.1, -0.05) is 55.8 Å². The molecule has 5 nitrogen and oxygen atoms in total. The van der Waals surface area contributed by atoms with E-state index in [-0.39, 0.29) is 16.8 Å². The van der Waals surface area contributed by atoms with Crippen LogP contribution in [0.5, 0.6) is 0 Å². The Morgan fingerprint density at radius 3 is 2.30 bits per heavy atom. The van der Waals surface area contributed by atoms with E-state index in [0.717, 1.165) is 36.1 Å². The van der Waals surface area contributed by atoms with Crippen molar-refractivity contribution in [1.82, 2.24) is 9.13 Å². The van der Waals surface area contributed by atoms with Crippen LogP contribution in [0.3, 0.4) is 0 Å². The Balaban J connectivity index is 1.93. The molecule has 3 rings (SSSR count). The molecule has 0 spiro atoms. The van der Waals surface area contributed by atoms with E-state index in [1.807, 2.05) is 72.5 Å². The number of benzene rings is 2. The van der Waals surface area contributed by atoms with Gasteiger partial charge in [0.25, 0.3) is 0 Å². The van der Waals surface area contributed by atoms with Gasteiger partial charge in [0, 0.05) is 17.4 Å². The predicted octanol–water partition coefficient (Wildman–Crippen LogP) is 5.16. The van der Waals surface area contributed by atoms with Crippen LogP contribution in [0.4, 0.5) is 0 Å². The van der Waals surface area contributed by atoms with Gasteiger partial charge in [-0.15, -0.1) is 0 Å². The molecule has 2 aromatic carbocycles. The second-order valence-corrected chi connectivity index (χ2v) is 8.68. The zero-order chi connectivity index (χ0) is 21.9. The minimum Gasteiger partial charge on any atom is -0.478 e. The molecular formula is C25H30N2O3. The number of hydrogen-bond donors (Lipinski definition) is 1. The van der Waals surface area contributed by atoms with E-state index in [0.29, 0.717) is 12.1 Å². The van der Waals surface area contributed by atoms with Crippen LogP contribution in [0.15, 0.2) is 59.5 Å². The number of aromatic carboxylic acids is 1. The van der Waals surface area contributed by atoms with Crippen molar-refractivity contribution in [3.63, 3.8) is 0 Å². The molecule has 158 valence electrons. The number of aromatic nitrogens is 2. The first-order valence-corrected chi connectivity index (χ1v) is 10.5. The molecule has 0 unspecified atom stereocenters. The summed E-state index contributed by atoms with van der Waals surface area (Å²) >= 11 is 0. The van der Waals surface area contributed by atoms with Crippen LogP contribution >= 0.6 is 0 Å². The Morgan fingerprint density at radius 1 is 1.03 bits per heavy atom. The van der Waals surface area contributed by atoms with Crippen molar-refractivity contribution < 1.29 is 9.90 Å². The third-order valence-electron chi connectivity index (χ3n) is 5.33. The van der Waals surface area contributed by atoms with Crippen LogP contribution in [-0.4, -0.2) is 20.2 Å². The molecule has 0 atom stereocenters. The molecular weight excluding hydrogens is 376 g/mol. The number of hydrogen-bond acceptors (Lipinski definition) is 2. The van der Waals surface area contributed by atoms with Crippen LogP contribution in [0.25, 0.3) is 11.1 Å². The molecule has 5 heteroatoms. The second kappa shape index (κ2) is 8.74. The molecule has 3 aromatic rings. The Labute approximate surface area is 177 Å². The summed E-state index contributed by atoms with van der Waals surface area (Å²) in [5, 5.41) is 9.44. The van der Waals surface area contributed by atoms with Crippen LogP contribution in [0, 0.1) is 0 Å². The minimum atomic E-state index is -0.940. The molecule has 0 aliphatic heterocycles. The van der Waals surface area contributed by atoms with Crippen molar-refractivity contribution in [2.24, 2.45) is 0 Å². The van der Waals surface area contributed by atoms with E-state index < -0.39 is 5.97 Å². The average Bonchev–Trinajstić information content (AvgIpc) is 3.03. The quantitative estimate of drug-likeness (QED) is 0.589. The molecule has 1 aromatic heterocycles. The molecule has 30 heavy (non-hydrogen) atoms. The van der Waals surface area contributed by atoms with Crippen LogP contribution in [-0.2, 0) is 18.5 Å². The van der Waals surface area contributed by atoms with Gasteiger partial charge in [-0.3, -0.25) is 9.13 Å². The topological polar surface area (TPSA) is 64.2 Å². The van der Waals surface area contributed by atoms with E-state index in [2.05, 4.69) is 6.92 Å². The van der Waals surface area contributed by atoms with Crippen molar-refractivity contribution in [3.8, 4) is 11.1 Å². The first-order valence-electron chi connectivity index (χ1n) is 10.5. The van der Waals surface area contributed by atoms with Gasteiger partial charge >= 0.3 is 11.7 Å². The number of carboxylic acid groups (broad SMARTS) is 1. The molecule has 1 heterocycles. The van der Waals surface area contributed by atoms with Gasteiger partial charge in [-0.25, -0.2) is 9.59 Å². The normalized spacial score (nSPS) is 11.6. The maximum Gasteiger partial charge on any atom is 0.336 e. The number of carboxylic acids is 1. The van der Waals surface area contributed by atoms with Crippen molar-refractivity contribution in [1.29, 1.82) is 0 Å². The monoisotopic (exact) mass is 406 g/mol. The average molecular weight is 407 g/mol. The zero-order valence-electron chi connectivity index (χ0n) is 18.2. The van der Waals surface area contributed by atoms with Crippen molar-refractivity contribution in [3.05, 3.63) is 82.0 Å². The Morgan fingerprint density at radius 2 is 1.70 bits per heavy atom. The summed E-state index contributed by atoms with van der Waals surface area (Å²) in [6.45, 7) is 8.77. The summed E-state index contributed by atoms with van der Waals surface area (Å²) in [7, 11) is 0. The lowest BCUT2D eigenvalue weighted by molar-refractivity contribution is 0.0697. The maximum atomic E-state index is 13.1. The zero-order valence-corrected chi connectivity index (χ0v) is 18.2. The maximum absolute atomic E-state index is 13.1. The van der Waals surface area contributed by atoms with Crippen molar-refractivity contribution in [2.75, 3.05) is 0 Å². The largest absolute Gasteiger partial charge is 0.478 e. The number of rotatable bonds is 7. The second-order valence-electron chi connectivity index (χ2n) is 8.68. The predicted molar refractivity (Wildman–Crippen MR) is 120 cm³/mol. The summed E-state index contributed by atoms with van der Waals surface area (Å²) < 4.78 is 3.68. The van der Waals surface area contributed by atoms with Crippen LogP contribution in [0.1, 0.15) is 62.2 Å². The number of nitrogens with zero attached hydrogens (tertiary/aromatic N) is 2. The molecule has 0 radical (unpaired) electrons. The molecule has 0 aliphatic rings. The highest BCUT2D eigenvalue weighted by Gasteiger charge is 2.20. The fourth-order valence-corrected chi connectivity index (χ4v) is 3.63. The smallest absolute Gasteiger partial charge is 0.336 e. The highest BCUT2D eigenvalue weighted by atomic mass is 16.4. The lowest BCUT2D eigenvalue weighted by atomic mass is 9.99. The van der Waals surface area contributed by atoms with E-state index in [1.54, 1.807) is 12.1 Å². The first kappa shape index (κ1) is 21.6. The number of carbonyl (C=O) groups is 1. The van der Waals surface area contributed by atoms with E-state index in [1.165, 1.54) is 0 Å². The summed E-state index contributed by atoms with van der Waals surface area (Å²) in [6.07, 6.45) is 4.99. The van der Waals surface area contributed by atoms with Crippen LogP contribution < -0.4 is 5.69 Å². The number of aryl methyl sites for hydroxylation is 1. The summed E-state index contributed by atoms with van der Waals surface area (Å²) in [5.41, 5.74) is 3.63. The molecule has 0 amide bonds. The summed E-state index contributed by atoms with van der Waals surface area (Å²) in [6, 6.07) is 14.8. The highest BCUT2D eigenvalue weighted by molar-refractivity contribution is 5.95. The Hall–Kier alpha value is -3.08. The number of unbranched alkanes of at least 4 members (excludes halogenated alkanes) is 1. The van der Waals surface area contributed by atoms with Gasteiger partial charge in [0.2, 0.25) is 0 Å². The van der Waals surface area contributed by atoms with Gasteiger partial charge in [0.05, 0.1) is 12.1 Å². The first-order chi connectivity index (χ1) is 14.2. The SMILES string of the molecule is CCCCc1cn(C(C)(C)C)c(=O)n1Cc1ccc(-c2ccccc2C(=O)O)cc1. The van der Waals surface area contributed by atoms with Crippen molar-refractivity contribution in [2.45, 2.75) is 59.0 Å². The Kier molecular flexibility index (Phi) is 6.30. The van der Waals surface area contributed by atoms with Gasteiger partial charge in [-0.2, -0.15) is 0 Å². The van der Waals surface area contributed by atoms with Crippen LogP contribution in [0.2, 0.25) is 0 Å². The Bertz CT molecular complexity index is 1080. The van der Waals surface area contributed by atoms with Crippen molar-refractivity contribution >= 4 is 5.97 Å². The number of imidazole rings is 1. The summed E-state index contributed by atoms with van der Waals surface area (Å²) in [5.74, 6) is -0.940. The molecule has 1 N–H and O–H groups in total. The molecule has 0 saturated carbocycles. The van der Waals surface area contributed by atoms with Gasteiger partial charge in [-0.05, 0) is 56.4 Å². The van der Waals surface area contributed by atoms with Gasteiger partial charge in [0.15, 0.2) is 0 Å². The third-order valence-corrected chi connectivity index (χ3v) is 5.33. The standard InChI is InChI=1S/C25H30N2O3/c1-5-6-9-20-17-27(25(2,3)4)24(30)26(20)16-18-12-14-19(15-13-18)21-10-7-8-11-22(21)23(28)29/h7-8,10-15,17H,5-6,9,16H2,1-4H3,(H,28,29). The summed E-state index contributed by atoms with van der Waals surface area (Å²) in [4.78, 5) is 24.6. The van der Waals surface area contributed by atoms with E-state index >= 15 is 0 Å². The minimum absolute atomic E-state index is 0.00824. The van der Waals surface area contributed by atoms with Gasteiger partial charge < -0.3 is 5.11 Å². The lowest BCUT2D eigenvalue weighted by Crippen LogP contribution is -2.34. The fourth-order valence-electron chi connectivity index (χ4n) is 3.63. The molecule has 0 bridgehead atoms. The molecule has 0 aliphatic carbocycles.